The van der Waals surface area contributed by atoms with E-state index in [0.29, 0.717) is 6.04 Å². The number of nitrogens with one attached hydrogen (secondary N) is 2. The highest BCUT2D eigenvalue weighted by atomic mass is 35.5. The zero-order chi connectivity index (χ0) is 11.7. The highest BCUT2D eigenvalue weighted by molar-refractivity contribution is 6.20. The van der Waals surface area contributed by atoms with Gasteiger partial charge in [-0.15, -0.1) is 11.6 Å². The summed E-state index contributed by atoms with van der Waals surface area (Å²) in [6, 6.07) is 0.488. The molecule has 0 aromatic heterocycles. The van der Waals surface area contributed by atoms with Crippen molar-refractivity contribution in [2.45, 2.75) is 24.3 Å². The van der Waals surface area contributed by atoms with Gasteiger partial charge in [0.1, 0.15) is 6.29 Å². The maximum absolute atomic E-state index is 6.27. The molecule has 0 radical (unpaired) electrons. The third-order valence-electron chi connectivity index (χ3n) is 3.45. The Kier molecular flexibility index (Phi) is 4.05. The molecule has 5 nitrogen and oxygen atoms in total. The quantitative estimate of drug-likeness (QED) is 0.509. The predicted molar refractivity (Wildman–Crippen MR) is 66.0 cm³/mol. The van der Waals surface area contributed by atoms with Crippen molar-refractivity contribution in [2.75, 3.05) is 40.8 Å². The van der Waals surface area contributed by atoms with E-state index in [1.165, 1.54) is 0 Å². The van der Waals surface area contributed by atoms with Crippen molar-refractivity contribution in [2.24, 2.45) is 0 Å². The summed E-state index contributed by atoms with van der Waals surface area (Å²) >= 11 is 6.27. The molecule has 2 aliphatic rings. The Bertz CT molecular complexity index is 239. The molecule has 0 spiro atoms. The molecule has 2 heterocycles. The Morgan fingerprint density at radius 3 is 2.69 bits per heavy atom. The van der Waals surface area contributed by atoms with E-state index >= 15 is 0 Å². The zero-order valence-electron chi connectivity index (χ0n) is 10.3. The first-order valence-electron chi connectivity index (χ1n) is 5.85. The van der Waals surface area contributed by atoms with E-state index in [-0.39, 0.29) is 11.8 Å². The minimum atomic E-state index is 0.140. The van der Waals surface area contributed by atoms with Crippen molar-refractivity contribution in [3.63, 3.8) is 0 Å². The molecule has 0 saturated carbocycles. The second-order valence-corrected chi connectivity index (χ2v) is 5.35. The number of alkyl halides is 1. The van der Waals surface area contributed by atoms with Crippen molar-refractivity contribution >= 4 is 11.6 Å². The Labute approximate surface area is 103 Å². The molecule has 94 valence electrons. The van der Waals surface area contributed by atoms with E-state index in [4.69, 9.17) is 11.6 Å². The lowest BCUT2D eigenvalue weighted by Crippen LogP contribution is -2.62. The van der Waals surface area contributed by atoms with Gasteiger partial charge in [-0.05, 0) is 20.5 Å². The normalized spacial score (nSPS) is 39.4. The van der Waals surface area contributed by atoms with E-state index in [9.17, 15) is 0 Å². The van der Waals surface area contributed by atoms with Crippen LogP contribution in [0.5, 0.6) is 0 Å². The molecule has 3 atom stereocenters. The third-order valence-corrected chi connectivity index (χ3v) is 3.98. The fourth-order valence-electron chi connectivity index (χ4n) is 2.39. The SMILES string of the molecule is CN1CC(NC2N(C)CCC(Cl)N2C)CN1. The van der Waals surface area contributed by atoms with Gasteiger partial charge in [-0.3, -0.25) is 20.5 Å². The van der Waals surface area contributed by atoms with Crippen molar-refractivity contribution in [3.05, 3.63) is 0 Å². The van der Waals surface area contributed by atoms with Gasteiger partial charge in [-0.25, -0.2) is 5.01 Å². The molecule has 3 unspecified atom stereocenters. The van der Waals surface area contributed by atoms with E-state index < -0.39 is 0 Å². The molecule has 0 aromatic carbocycles. The summed E-state index contributed by atoms with van der Waals surface area (Å²) < 4.78 is 0. The number of halogens is 1. The first kappa shape index (κ1) is 12.5. The highest BCUT2D eigenvalue weighted by Crippen LogP contribution is 2.18. The van der Waals surface area contributed by atoms with Gasteiger partial charge in [0, 0.05) is 32.7 Å². The molecule has 0 amide bonds. The number of hydrogen-bond donors (Lipinski definition) is 2. The molecule has 0 aliphatic carbocycles. The van der Waals surface area contributed by atoms with Crippen LogP contribution in [0.3, 0.4) is 0 Å². The van der Waals surface area contributed by atoms with E-state index in [0.717, 1.165) is 26.1 Å². The second kappa shape index (κ2) is 5.16. The second-order valence-electron chi connectivity index (χ2n) is 4.85. The van der Waals surface area contributed by atoms with Gasteiger partial charge in [0.05, 0.1) is 5.50 Å². The fourth-order valence-corrected chi connectivity index (χ4v) is 2.60. The average Bonchev–Trinajstić information content (AvgIpc) is 2.65. The molecule has 6 heteroatoms. The molecule has 2 N–H and O–H groups in total. The van der Waals surface area contributed by atoms with Crippen LogP contribution >= 0.6 is 11.6 Å². The number of hydrazine groups is 1. The number of nitrogens with zero attached hydrogens (tertiary/aromatic N) is 3. The maximum Gasteiger partial charge on any atom is 0.118 e. The van der Waals surface area contributed by atoms with Crippen molar-refractivity contribution in [1.29, 1.82) is 0 Å². The van der Waals surface area contributed by atoms with Crippen LogP contribution in [0.2, 0.25) is 0 Å². The number of likely N-dealkylation sites (N-methyl/N-ethyl adjacent to an activating group) is 1. The van der Waals surface area contributed by atoms with Gasteiger partial charge < -0.3 is 0 Å². The van der Waals surface area contributed by atoms with Crippen molar-refractivity contribution in [3.8, 4) is 0 Å². The first-order valence-corrected chi connectivity index (χ1v) is 6.28. The number of rotatable bonds is 2. The summed E-state index contributed by atoms with van der Waals surface area (Å²) in [5.74, 6) is 0. The van der Waals surface area contributed by atoms with Crippen LogP contribution in [0.1, 0.15) is 6.42 Å². The minimum Gasteiger partial charge on any atom is -0.284 e. The van der Waals surface area contributed by atoms with E-state index in [1.54, 1.807) is 0 Å². The van der Waals surface area contributed by atoms with Gasteiger partial charge in [0.15, 0.2) is 0 Å². The van der Waals surface area contributed by atoms with Gasteiger partial charge in [0.2, 0.25) is 0 Å². The van der Waals surface area contributed by atoms with Crippen LogP contribution in [0, 0.1) is 0 Å². The summed E-state index contributed by atoms with van der Waals surface area (Å²) in [5.41, 5.74) is 3.44. The molecule has 16 heavy (non-hydrogen) atoms. The molecule has 0 aromatic rings. The summed E-state index contributed by atoms with van der Waals surface area (Å²) in [7, 11) is 6.29. The Balaban J connectivity index is 1.91. The molecule has 2 rings (SSSR count). The Morgan fingerprint density at radius 1 is 1.31 bits per heavy atom. The van der Waals surface area contributed by atoms with Crippen LogP contribution < -0.4 is 10.7 Å². The summed E-state index contributed by atoms with van der Waals surface area (Å²) in [4.78, 5) is 4.51. The first-order chi connectivity index (χ1) is 7.58. The predicted octanol–water partition coefficient (Wildman–Crippen LogP) is -0.490. The van der Waals surface area contributed by atoms with Crippen LogP contribution in [0.15, 0.2) is 0 Å². The minimum absolute atomic E-state index is 0.140. The lowest BCUT2D eigenvalue weighted by Gasteiger charge is -2.44. The van der Waals surface area contributed by atoms with Crippen LogP contribution in [-0.4, -0.2) is 73.4 Å². The molecule has 0 bridgehead atoms. The molecule has 2 saturated heterocycles. The molecular weight excluding hydrogens is 226 g/mol. The fraction of sp³-hybridized carbons (Fsp3) is 1.00. The summed E-state index contributed by atoms with van der Waals surface area (Å²) in [5, 5.41) is 5.77. The maximum atomic E-state index is 6.27. The third kappa shape index (κ3) is 2.67. The summed E-state index contributed by atoms with van der Waals surface area (Å²) in [6.45, 7) is 3.07. The van der Waals surface area contributed by atoms with E-state index in [1.807, 2.05) is 0 Å². The topological polar surface area (TPSA) is 33.8 Å². The van der Waals surface area contributed by atoms with E-state index in [2.05, 4.69) is 46.7 Å². The average molecular weight is 248 g/mol. The van der Waals surface area contributed by atoms with Gasteiger partial charge in [-0.1, -0.05) is 0 Å². The molecule has 2 aliphatic heterocycles. The number of hydrogen-bond acceptors (Lipinski definition) is 5. The van der Waals surface area contributed by atoms with Gasteiger partial charge in [0.25, 0.3) is 0 Å². The van der Waals surface area contributed by atoms with Crippen LogP contribution in [0.25, 0.3) is 0 Å². The molecule has 2 fully saturated rings. The molecular formula is C10H22ClN5. The standard InChI is InChI=1S/C10H22ClN5/c1-14-5-4-9(11)16(3)10(14)13-8-6-12-15(2)7-8/h8-10,12-13H,4-7H2,1-3H3. The largest absolute Gasteiger partial charge is 0.284 e. The van der Waals surface area contributed by atoms with Crippen LogP contribution in [0.4, 0.5) is 0 Å². The monoisotopic (exact) mass is 247 g/mol. The van der Waals surface area contributed by atoms with Crippen molar-refractivity contribution < 1.29 is 0 Å². The lowest BCUT2D eigenvalue weighted by molar-refractivity contribution is -0.00162. The van der Waals surface area contributed by atoms with Crippen molar-refractivity contribution in [1.82, 2.24) is 25.6 Å². The highest BCUT2D eigenvalue weighted by Gasteiger charge is 2.32. The van der Waals surface area contributed by atoms with Gasteiger partial charge in [-0.2, -0.15) is 0 Å². The Hall–Kier alpha value is 0.0900. The van der Waals surface area contributed by atoms with Gasteiger partial charge >= 0.3 is 0 Å². The van der Waals surface area contributed by atoms with Crippen LogP contribution in [-0.2, 0) is 0 Å². The zero-order valence-corrected chi connectivity index (χ0v) is 11.0. The lowest BCUT2D eigenvalue weighted by atomic mass is 10.2. The smallest absolute Gasteiger partial charge is 0.118 e. The summed E-state index contributed by atoms with van der Waals surface area (Å²) in [6.07, 6.45) is 1.27. The Morgan fingerprint density at radius 2 is 2.06 bits per heavy atom.